The Balaban J connectivity index is 1.06. The molecule has 4 atom stereocenters. The lowest BCUT2D eigenvalue weighted by Crippen LogP contribution is -2.51. The zero-order valence-electron chi connectivity index (χ0n) is 20.8. The first-order chi connectivity index (χ1) is 18.2. The van der Waals surface area contributed by atoms with Crippen molar-refractivity contribution >= 4 is 23.3 Å². The fourth-order valence-corrected chi connectivity index (χ4v) is 5.93. The maximum absolute atomic E-state index is 6.14. The Morgan fingerprint density at radius 2 is 1.43 bits per heavy atom. The van der Waals surface area contributed by atoms with Crippen LogP contribution in [0, 0.1) is 0 Å². The Labute approximate surface area is 223 Å². The second-order valence-corrected chi connectivity index (χ2v) is 10.5. The van der Waals surface area contributed by atoms with E-state index in [1.807, 2.05) is 12.1 Å². The van der Waals surface area contributed by atoms with E-state index in [9.17, 15) is 0 Å². The second kappa shape index (κ2) is 11.1. The standard InChI is InChI=1S/C29H33N5O2S/c37-29(31-22-9-5-2-6-10-22)34-25-18-36-26-24(17-35-27(25)26)33-28-30-16-15-23(32-28)21-13-11-20(12-14-21)19-7-3-1-4-8-19/h1,3-4,7-8,11-16,22,24-27H,2,5-6,9-10,17-18H2,(H,30,32,33)(H2,31,34,37). The van der Waals surface area contributed by atoms with Gasteiger partial charge >= 0.3 is 0 Å². The average Bonchev–Trinajstić information content (AvgIpc) is 3.53. The number of fused-ring (bicyclic) bond motifs is 1. The number of aromatic nitrogens is 2. The zero-order valence-corrected chi connectivity index (χ0v) is 21.6. The molecule has 2 aromatic carbocycles. The fraction of sp³-hybridized carbons (Fsp3) is 0.414. The van der Waals surface area contributed by atoms with Crippen molar-refractivity contribution in [3.63, 3.8) is 0 Å². The lowest BCUT2D eigenvalue weighted by molar-refractivity contribution is 0.0688. The maximum Gasteiger partial charge on any atom is 0.223 e. The maximum atomic E-state index is 6.14. The summed E-state index contributed by atoms with van der Waals surface area (Å²) in [5, 5.41) is 11.1. The Hall–Kier alpha value is -3.07. The van der Waals surface area contributed by atoms with Gasteiger partial charge in [-0.15, -0.1) is 0 Å². The molecule has 192 valence electrons. The molecule has 2 saturated heterocycles. The molecular weight excluding hydrogens is 482 g/mol. The molecule has 3 heterocycles. The van der Waals surface area contributed by atoms with Crippen LogP contribution in [0.4, 0.5) is 5.95 Å². The number of benzene rings is 2. The number of rotatable bonds is 6. The summed E-state index contributed by atoms with van der Waals surface area (Å²) in [6, 6.07) is 21.3. The summed E-state index contributed by atoms with van der Waals surface area (Å²) in [6.07, 6.45) is 7.91. The van der Waals surface area contributed by atoms with Gasteiger partial charge in [-0.05, 0) is 42.3 Å². The van der Waals surface area contributed by atoms with Crippen molar-refractivity contribution in [3.8, 4) is 22.4 Å². The molecule has 1 aromatic heterocycles. The Bertz CT molecular complexity index is 1200. The van der Waals surface area contributed by atoms with Gasteiger partial charge in [-0.2, -0.15) is 0 Å². The van der Waals surface area contributed by atoms with Crippen LogP contribution in [0.2, 0.25) is 0 Å². The third-order valence-electron chi connectivity index (χ3n) is 7.57. The lowest BCUT2D eigenvalue weighted by atomic mass is 9.96. The van der Waals surface area contributed by atoms with Gasteiger partial charge in [-0.1, -0.05) is 73.9 Å². The van der Waals surface area contributed by atoms with E-state index in [1.165, 1.54) is 43.2 Å². The van der Waals surface area contributed by atoms with Crippen LogP contribution in [-0.4, -0.2) is 58.6 Å². The first-order valence-corrected chi connectivity index (χ1v) is 13.7. The molecule has 0 radical (unpaired) electrons. The number of hydrogen-bond acceptors (Lipinski definition) is 6. The lowest BCUT2D eigenvalue weighted by Gasteiger charge is -2.26. The van der Waals surface area contributed by atoms with Crippen molar-refractivity contribution in [1.29, 1.82) is 0 Å². The molecule has 3 fully saturated rings. The summed E-state index contributed by atoms with van der Waals surface area (Å²) in [7, 11) is 0. The minimum Gasteiger partial charge on any atom is -0.371 e. The predicted molar refractivity (Wildman–Crippen MR) is 149 cm³/mol. The van der Waals surface area contributed by atoms with Crippen LogP contribution < -0.4 is 16.0 Å². The van der Waals surface area contributed by atoms with Gasteiger partial charge in [0.1, 0.15) is 12.2 Å². The molecule has 0 amide bonds. The van der Waals surface area contributed by atoms with Crippen LogP contribution in [0.1, 0.15) is 32.1 Å². The van der Waals surface area contributed by atoms with E-state index in [0.717, 1.165) is 11.3 Å². The molecule has 3 aliphatic rings. The molecule has 1 aliphatic carbocycles. The normalized spacial score (nSPS) is 25.4. The number of nitrogens with one attached hydrogen (secondary N) is 3. The van der Waals surface area contributed by atoms with Crippen LogP contribution in [0.25, 0.3) is 22.4 Å². The Morgan fingerprint density at radius 1 is 0.757 bits per heavy atom. The van der Waals surface area contributed by atoms with Gasteiger partial charge in [0.25, 0.3) is 0 Å². The second-order valence-electron chi connectivity index (χ2n) is 10.1. The van der Waals surface area contributed by atoms with E-state index in [1.54, 1.807) is 6.20 Å². The summed E-state index contributed by atoms with van der Waals surface area (Å²) in [6.45, 7) is 1.10. The Kier molecular flexibility index (Phi) is 7.30. The van der Waals surface area contributed by atoms with E-state index in [0.29, 0.717) is 30.3 Å². The van der Waals surface area contributed by atoms with E-state index in [4.69, 9.17) is 26.7 Å². The molecule has 4 unspecified atom stereocenters. The van der Waals surface area contributed by atoms with E-state index in [-0.39, 0.29) is 24.3 Å². The summed E-state index contributed by atoms with van der Waals surface area (Å²) < 4.78 is 12.3. The van der Waals surface area contributed by atoms with Crippen LogP contribution >= 0.6 is 12.2 Å². The number of nitrogens with zero attached hydrogens (tertiary/aromatic N) is 2. The molecule has 3 N–H and O–H groups in total. The van der Waals surface area contributed by atoms with Crippen molar-refractivity contribution in [2.24, 2.45) is 0 Å². The van der Waals surface area contributed by atoms with Gasteiger partial charge in [-0.3, -0.25) is 0 Å². The first kappa shape index (κ1) is 24.3. The number of thiocarbonyl (C=S) groups is 1. The molecule has 7 nitrogen and oxygen atoms in total. The van der Waals surface area contributed by atoms with Gasteiger partial charge in [0, 0.05) is 17.8 Å². The number of anilines is 1. The quantitative estimate of drug-likeness (QED) is 0.413. The summed E-state index contributed by atoms with van der Waals surface area (Å²) in [4.78, 5) is 9.24. The molecule has 1 saturated carbocycles. The minimum absolute atomic E-state index is 0.0209. The zero-order chi connectivity index (χ0) is 25.0. The highest BCUT2D eigenvalue weighted by Gasteiger charge is 2.48. The van der Waals surface area contributed by atoms with Crippen LogP contribution in [-0.2, 0) is 9.47 Å². The summed E-state index contributed by atoms with van der Waals surface area (Å²) in [5.74, 6) is 0.577. The average molecular weight is 516 g/mol. The summed E-state index contributed by atoms with van der Waals surface area (Å²) in [5.41, 5.74) is 4.30. The SMILES string of the molecule is S=C(NC1CCCCC1)NC1COC2C(Nc3nccc(-c4ccc(-c5ccccc5)cc4)n3)COC12. The number of ether oxygens (including phenoxy) is 2. The third kappa shape index (κ3) is 5.61. The molecule has 0 bridgehead atoms. The first-order valence-electron chi connectivity index (χ1n) is 13.3. The third-order valence-corrected chi connectivity index (χ3v) is 7.80. The molecule has 0 spiro atoms. The minimum atomic E-state index is -0.0765. The smallest absolute Gasteiger partial charge is 0.223 e. The Morgan fingerprint density at radius 3 is 2.22 bits per heavy atom. The topological polar surface area (TPSA) is 80.3 Å². The van der Waals surface area contributed by atoms with Crippen molar-refractivity contribution < 1.29 is 9.47 Å². The monoisotopic (exact) mass is 515 g/mol. The van der Waals surface area contributed by atoms with Crippen LogP contribution in [0.5, 0.6) is 0 Å². The molecular formula is C29H33N5O2S. The van der Waals surface area contributed by atoms with Gasteiger partial charge in [0.15, 0.2) is 5.11 Å². The predicted octanol–water partition coefficient (Wildman–Crippen LogP) is 4.55. The highest BCUT2D eigenvalue weighted by Crippen LogP contribution is 2.29. The van der Waals surface area contributed by atoms with Gasteiger partial charge in [0.2, 0.25) is 5.95 Å². The molecule has 2 aliphatic heterocycles. The van der Waals surface area contributed by atoms with E-state index >= 15 is 0 Å². The highest BCUT2D eigenvalue weighted by molar-refractivity contribution is 7.80. The van der Waals surface area contributed by atoms with Crippen molar-refractivity contribution in [2.45, 2.75) is 62.4 Å². The van der Waals surface area contributed by atoms with Crippen molar-refractivity contribution in [3.05, 3.63) is 66.9 Å². The summed E-state index contributed by atoms with van der Waals surface area (Å²) >= 11 is 5.59. The fourth-order valence-electron chi connectivity index (χ4n) is 5.61. The van der Waals surface area contributed by atoms with Crippen molar-refractivity contribution in [2.75, 3.05) is 18.5 Å². The molecule has 6 rings (SSSR count). The highest BCUT2D eigenvalue weighted by atomic mass is 32.1. The largest absolute Gasteiger partial charge is 0.371 e. The molecule has 3 aromatic rings. The van der Waals surface area contributed by atoms with Crippen molar-refractivity contribution in [1.82, 2.24) is 20.6 Å². The van der Waals surface area contributed by atoms with Crippen LogP contribution in [0.3, 0.4) is 0 Å². The van der Waals surface area contributed by atoms with E-state index in [2.05, 4.69) is 69.5 Å². The van der Waals surface area contributed by atoms with Gasteiger partial charge in [-0.25, -0.2) is 9.97 Å². The van der Waals surface area contributed by atoms with Crippen LogP contribution in [0.15, 0.2) is 66.9 Å². The molecule has 8 heteroatoms. The molecule has 37 heavy (non-hydrogen) atoms. The van der Waals surface area contributed by atoms with Gasteiger partial charge < -0.3 is 25.4 Å². The van der Waals surface area contributed by atoms with E-state index < -0.39 is 0 Å². The van der Waals surface area contributed by atoms with Gasteiger partial charge in [0.05, 0.1) is 31.0 Å². The number of hydrogen-bond donors (Lipinski definition) is 3.